The average molecular weight is 354 g/mol. The summed E-state index contributed by atoms with van der Waals surface area (Å²) in [5, 5.41) is 3.16. The molecule has 0 saturated heterocycles. The second kappa shape index (κ2) is 7.94. The van der Waals surface area contributed by atoms with E-state index in [1.807, 2.05) is 26.8 Å². The van der Waals surface area contributed by atoms with Gasteiger partial charge in [-0.25, -0.2) is 0 Å². The van der Waals surface area contributed by atoms with Crippen LogP contribution in [-0.2, 0) is 0 Å². The minimum atomic E-state index is -0.0769. The fourth-order valence-electron chi connectivity index (χ4n) is 3.37. The topological polar surface area (TPSA) is 38.3 Å². The van der Waals surface area contributed by atoms with Crippen LogP contribution in [0.25, 0.3) is 0 Å². The van der Waals surface area contributed by atoms with Crippen molar-refractivity contribution in [3.63, 3.8) is 0 Å². The first-order chi connectivity index (χ1) is 12.1. The monoisotopic (exact) mass is 353 g/mol. The molecule has 1 atom stereocenters. The van der Waals surface area contributed by atoms with Crippen LogP contribution in [0.1, 0.15) is 76.5 Å². The highest BCUT2D eigenvalue weighted by atomic mass is 16.5. The summed E-state index contributed by atoms with van der Waals surface area (Å²) in [5.41, 5.74) is 7.51. The first kappa shape index (κ1) is 20.0. The Balaban J connectivity index is 2.32. The molecule has 140 valence electrons. The smallest absolute Gasteiger partial charge is 0.252 e. The van der Waals surface area contributed by atoms with Gasteiger partial charge in [0.2, 0.25) is 0 Å². The normalized spacial score (nSPS) is 12.2. The number of rotatable bonds is 5. The van der Waals surface area contributed by atoms with Gasteiger partial charge in [-0.05, 0) is 92.1 Å². The summed E-state index contributed by atoms with van der Waals surface area (Å²) < 4.78 is 5.53. The Bertz CT molecular complexity index is 821. The molecule has 0 aliphatic rings. The predicted molar refractivity (Wildman–Crippen MR) is 108 cm³/mol. The van der Waals surface area contributed by atoms with Gasteiger partial charge >= 0.3 is 0 Å². The highest BCUT2D eigenvalue weighted by Gasteiger charge is 2.18. The molecule has 1 amide bonds. The second-order valence-electron chi connectivity index (χ2n) is 7.55. The zero-order valence-electron chi connectivity index (χ0n) is 17.3. The SMILES string of the molecule is COc1cc(C)c([C@H](C)NC(=O)c2cc(C)c(C)cc2C)cc1C(C)C. The van der Waals surface area contributed by atoms with Gasteiger partial charge in [-0.3, -0.25) is 4.79 Å². The van der Waals surface area contributed by atoms with Gasteiger partial charge in [0.1, 0.15) is 5.75 Å². The Hall–Kier alpha value is -2.29. The Morgan fingerprint density at radius 1 is 0.846 bits per heavy atom. The summed E-state index contributed by atoms with van der Waals surface area (Å²) in [4.78, 5) is 12.8. The van der Waals surface area contributed by atoms with E-state index in [4.69, 9.17) is 4.74 Å². The number of carbonyl (C=O) groups is 1. The van der Waals surface area contributed by atoms with E-state index in [-0.39, 0.29) is 11.9 Å². The lowest BCUT2D eigenvalue weighted by atomic mass is 9.93. The fourth-order valence-corrected chi connectivity index (χ4v) is 3.37. The van der Waals surface area contributed by atoms with Crippen LogP contribution in [0.5, 0.6) is 5.75 Å². The summed E-state index contributed by atoms with van der Waals surface area (Å²) >= 11 is 0. The van der Waals surface area contributed by atoms with E-state index < -0.39 is 0 Å². The number of carbonyl (C=O) groups excluding carboxylic acids is 1. The van der Waals surface area contributed by atoms with Crippen molar-refractivity contribution in [2.45, 2.75) is 60.4 Å². The Labute approximate surface area is 157 Å². The fraction of sp³-hybridized carbons (Fsp3) is 0.435. The van der Waals surface area contributed by atoms with Crippen LogP contribution >= 0.6 is 0 Å². The molecule has 0 fully saturated rings. The largest absolute Gasteiger partial charge is 0.496 e. The Kier molecular flexibility index (Phi) is 6.12. The average Bonchev–Trinajstić information content (AvgIpc) is 2.57. The van der Waals surface area contributed by atoms with Gasteiger partial charge in [0.05, 0.1) is 13.2 Å². The highest BCUT2D eigenvalue weighted by molar-refractivity contribution is 5.96. The van der Waals surface area contributed by atoms with E-state index in [0.717, 1.165) is 39.1 Å². The lowest BCUT2D eigenvalue weighted by Crippen LogP contribution is -2.28. The van der Waals surface area contributed by atoms with Crippen molar-refractivity contribution < 1.29 is 9.53 Å². The predicted octanol–water partition coefficient (Wildman–Crippen LogP) is 5.54. The van der Waals surface area contributed by atoms with E-state index in [1.165, 1.54) is 5.56 Å². The summed E-state index contributed by atoms with van der Waals surface area (Å²) in [6.45, 7) is 14.5. The van der Waals surface area contributed by atoms with Gasteiger partial charge in [-0.15, -0.1) is 0 Å². The molecule has 0 aliphatic carbocycles. The number of ether oxygens (including phenoxy) is 1. The summed E-state index contributed by atoms with van der Waals surface area (Å²) in [6, 6.07) is 8.20. The van der Waals surface area contributed by atoms with Crippen LogP contribution in [0.3, 0.4) is 0 Å². The van der Waals surface area contributed by atoms with Crippen LogP contribution in [-0.4, -0.2) is 13.0 Å². The van der Waals surface area contributed by atoms with Gasteiger partial charge < -0.3 is 10.1 Å². The van der Waals surface area contributed by atoms with Gasteiger partial charge in [0.15, 0.2) is 0 Å². The zero-order chi connectivity index (χ0) is 19.6. The van der Waals surface area contributed by atoms with Crippen LogP contribution < -0.4 is 10.1 Å². The molecule has 2 aromatic carbocycles. The standard InChI is InChI=1S/C23H31NO2/c1-13(2)19-12-20(17(6)11-22(19)26-8)18(7)24-23(25)21-10-15(4)14(3)9-16(21)5/h9-13,18H,1-8H3,(H,24,25)/t18-/m0/s1. The van der Waals surface area contributed by atoms with Crippen molar-refractivity contribution in [2.75, 3.05) is 7.11 Å². The molecule has 1 N–H and O–H groups in total. The van der Waals surface area contributed by atoms with Crippen molar-refractivity contribution in [1.29, 1.82) is 0 Å². The molecular formula is C23H31NO2. The number of nitrogens with one attached hydrogen (secondary N) is 1. The van der Waals surface area contributed by atoms with E-state index in [9.17, 15) is 4.79 Å². The number of aryl methyl sites for hydroxylation is 4. The maximum Gasteiger partial charge on any atom is 0.252 e. The molecule has 0 spiro atoms. The molecule has 0 heterocycles. The van der Waals surface area contributed by atoms with Gasteiger partial charge in [-0.2, -0.15) is 0 Å². The second-order valence-corrected chi connectivity index (χ2v) is 7.55. The molecule has 3 nitrogen and oxygen atoms in total. The maximum absolute atomic E-state index is 12.8. The minimum Gasteiger partial charge on any atom is -0.496 e. The number of hydrogen-bond acceptors (Lipinski definition) is 2. The third-order valence-corrected chi connectivity index (χ3v) is 5.14. The Morgan fingerprint density at radius 3 is 2.04 bits per heavy atom. The van der Waals surface area contributed by atoms with Crippen molar-refractivity contribution in [3.8, 4) is 5.75 Å². The molecule has 0 bridgehead atoms. The summed E-state index contributed by atoms with van der Waals surface area (Å²) in [5.74, 6) is 1.23. The van der Waals surface area contributed by atoms with Crippen LogP contribution in [0.2, 0.25) is 0 Å². The number of benzene rings is 2. The highest BCUT2D eigenvalue weighted by Crippen LogP contribution is 2.32. The lowest BCUT2D eigenvalue weighted by Gasteiger charge is -2.21. The third-order valence-electron chi connectivity index (χ3n) is 5.14. The molecule has 2 aromatic rings. The van der Waals surface area contributed by atoms with Gasteiger partial charge in [-0.1, -0.05) is 19.9 Å². The van der Waals surface area contributed by atoms with Crippen LogP contribution in [0.4, 0.5) is 0 Å². The molecule has 3 heteroatoms. The lowest BCUT2D eigenvalue weighted by molar-refractivity contribution is 0.0939. The quantitative estimate of drug-likeness (QED) is 0.766. The summed E-state index contributed by atoms with van der Waals surface area (Å²) in [7, 11) is 1.70. The third kappa shape index (κ3) is 4.09. The molecular weight excluding hydrogens is 322 g/mol. The molecule has 0 unspecified atom stereocenters. The molecule has 0 aliphatic heterocycles. The van der Waals surface area contributed by atoms with Gasteiger partial charge in [0, 0.05) is 5.56 Å². The van der Waals surface area contributed by atoms with Crippen molar-refractivity contribution in [3.05, 3.63) is 63.2 Å². The van der Waals surface area contributed by atoms with E-state index in [0.29, 0.717) is 5.92 Å². The van der Waals surface area contributed by atoms with Crippen molar-refractivity contribution in [1.82, 2.24) is 5.32 Å². The number of hydrogen-bond donors (Lipinski definition) is 1. The number of amides is 1. The zero-order valence-corrected chi connectivity index (χ0v) is 17.3. The van der Waals surface area contributed by atoms with E-state index >= 15 is 0 Å². The molecule has 26 heavy (non-hydrogen) atoms. The van der Waals surface area contributed by atoms with E-state index in [1.54, 1.807) is 7.11 Å². The molecule has 0 aromatic heterocycles. The van der Waals surface area contributed by atoms with E-state index in [2.05, 4.69) is 51.2 Å². The van der Waals surface area contributed by atoms with Crippen molar-refractivity contribution in [2.24, 2.45) is 0 Å². The molecule has 0 radical (unpaired) electrons. The maximum atomic E-state index is 12.8. The molecule has 0 saturated carbocycles. The van der Waals surface area contributed by atoms with Gasteiger partial charge in [0.25, 0.3) is 5.91 Å². The van der Waals surface area contributed by atoms with Crippen molar-refractivity contribution >= 4 is 5.91 Å². The Morgan fingerprint density at radius 2 is 1.46 bits per heavy atom. The summed E-state index contributed by atoms with van der Waals surface area (Å²) in [6.07, 6.45) is 0. The van der Waals surface area contributed by atoms with Crippen LogP contribution in [0, 0.1) is 27.7 Å². The minimum absolute atomic E-state index is 0.0283. The molecule has 2 rings (SSSR count). The number of methoxy groups -OCH3 is 1. The first-order valence-electron chi connectivity index (χ1n) is 9.22. The first-order valence-corrected chi connectivity index (χ1v) is 9.22. The van der Waals surface area contributed by atoms with Crippen LogP contribution in [0.15, 0.2) is 24.3 Å².